The summed E-state index contributed by atoms with van der Waals surface area (Å²) in [4.78, 5) is 25.7. The van der Waals surface area contributed by atoms with Crippen molar-refractivity contribution in [1.29, 1.82) is 0 Å². The van der Waals surface area contributed by atoms with E-state index in [9.17, 15) is 9.59 Å². The maximum atomic E-state index is 12.1. The van der Waals surface area contributed by atoms with E-state index in [4.69, 9.17) is 4.74 Å². The summed E-state index contributed by atoms with van der Waals surface area (Å²) in [6, 6.07) is 10.6. The van der Waals surface area contributed by atoms with Gasteiger partial charge in [0.25, 0.3) is 5.91 Å². The zero-order valence-corrected chi connectivity index (χ0v) is 14.5. The molecule has 2 aromatic heterocycles. The summed E-state index contributed by atoms with van der Waals surface area (Å²) in [7, 11) is 1.69. The van der Waals surface area contributed by atoms with Gasteiger partial charge in [-0.1, -0.05) is 0 Å². The molecule has 0 atom stereocenters. The average molecular weight is 355 g/mol. The Kier molecular flexibility index (Phi) is 5.25. The lowest BCUT2D eigenvalue weighted by Crippen LogP contribution is -2.30. The number of aromatic nitrogens is 2. The number of ether oxygens (including phenoxy) is 1. The van der Waals surface area contributed by atoms with Crippen LogP contribution in [0, 0.1) is 0 Å². The van der Waals surface area contributed by atoms with Crippen molar-refractivity contribution in [2.75, 3.05) is 13.7 Å². The second-order valence-corrected chi connectivity index (χ2v) is 6.24. The molecule has 0 saturated heterocycles. The largest absolute Gasteiger partial charge is 0.452 e. The van der Waals surface area contributed by atoms with E-state index >= 15 is 0 Å². The smallest absolute Gasteiger partial charge is 0.338 e. The van der Waals surface area contributed by atoms with Crippen LogP contribution in [0.5, 0.6) is 0 Å². The lowest BCUT2D eigenvalue weighted by Gasteiger charge is -2.16. The number of benzene rings is 1. The molecule has 0 fully saturated rings. The monoisotopic (exact) mass is 355 g/mol. The normalized spacial score (nSPS) is 10.4. The molecule has 6 nitrogen and oxygen atoms in total. The van der Waals surface area contributed by atoms with Crippen LogP contribution in [0.25, 0.3) is 5.69 Å². The molecule has 2 heterocycles. The maximum absolute atomic E-state index is 12.1. The van der Waals surface area contributed by atoms with Crippen LogP contribution in [-0.2, 0) is 16.1 Å². The Morgan fingerprint density at radius 2 is 2.04 bits per heavy atom. The minimum Gasteiger partial charge on any atom is -0.452 e. The molecule has 0 unspecified atom stereocenters. The number of hydrogen-bond donors (Lipinski definition) is 0. The van der Waals surface area contributed by atoms with Gasteiger partial charge in [0.05, 0.1) is 11.3 Å². The van der Waals surface area contributed by atoms with Crippen LogP contribution in [0.3, 0.4) is 0 Å². The van der Waals surface area contributed by atoms with E-state index in [1.54, 1.807) is 53.5 Å². The van der Waals surface area contributed by atoms with Crippen LogP contribution >= 0.6 is 11.3 Å². The molecule has 0 aliphatic heterocycles. The van der Waals surface area contributed by atoms with E-state index in [1.165, 1.54) is 4.90 Å². The Morgan fingerprint density at radius 1 is 1.24 bits per heavy atom. The highest BCUT2D eigenvalue weighted by molar-refractivity contribution is 7.07. The number of esters is 1. The first-order chi connectivity index (χ1) is 12.1. The number of amides is 1. The van der Waals surface area contributed by atoms with E-state index in [1.807, 2.05) is 29.1 Å². The first kappa shape index (κ1) is 16.9. The van der Waals surface area contributed by atoms with Crippen LogP contribution in [0.4, 0.5) is 0 Å². The zero-order chi connectivity index (χ0) is 17.6. The highest BCUT2D eigenvalue weighted by Crippen LogP contribution is 2.11. The molecule has 1 aromatic carbocycles. The Labute approximate surface area is 149 Å². The number of likely N-dealkylation sites (N-methyl/N-ethyl adjacent to an activating group) is 1. The van der Waals surface area contributed by atoms with E-state index in [2.05, 4.69) is 5.10 Å². The topological polar surface area (TPSA) is 64.4 Å². The fraction of sp³-hybridized carbons (Fsp3) is 0.167. The third-order valence-electron chi connectivity index (χ3n) is 3.62. The third kappa shape index (κ3) is 4.33. The van der Waals surface area contributed by atoms with Gasteiger partial charge in [-0.3, -0.25) is 4.79 Å². The molecule has 0 spiro atoms. The molecule has 128 valence electrons. The summed E-state index contributed by atoms with van der Waals surface area (Å²) in [5, 5.41) is 8.06. The van der Waals surface area contributed by atoms with Crippen LogP contribution in [0.1, 0.15) is 15.9 Å². The molecule has 3 aromatic rings. The van der Waals surface area contributed by atoms with Crippen molar-refractivity contribution >= 4 is 23.2 Å². The van der Waals surface area contributed by atoms with Gasteiger partial charge in [-0.05, 0) is 52.7 Å². The predicted octanol–water partition coefficient (Wildman–Crippen LogP) is 2.75. The maximum Gasteiger partial charge on any atom is 0.338 e. The lowest BCUT2D eigenvalue weighted by molar-refractivity contribution is -0.133. The number of rotatable bonds is 6. The van der Waals surface area contributed by atoms with Crippen molar-refractivity contribution in [3.05, 3.63) is 70.7 Å². The molecule has 0 radical (unpaired) electrons. The summed E-state index contributed by atoms with van der Waals surface area (Å²) in [6.45, 7) is 0.221. The molecule has 0 bridgehead atoms. The number of thiophene rings is 1. The van der Waals surface area contributed by atoms with Crippen molar-refractivity contribution in [3.8, 4) is 5.69 Å². The number of hydrogen-bond acceptors (Lipinski definition) is 5. The van der Waals surface area contributed by atoms with Gasteiger partial charge < -0.3 is 9.64 Å². The predicted molar refractivity (Wildman–Crippen MR) is 94.6 cm³/mol. The fourth-order valence-electron chi connectivity index (χ4n) is 2.24. The summed E-state index contributed by atoms with van der Waals surface area (Å²) in [6.07, 6.45) is 3.50. The minimum atomic E-state index is -0.524. The molecule has 0 aliphatic rings. The van der Waals surface area contributed by atoms with Gasteiger partial charge in [-0.25, -0.2) is 9.48 Å². The summed E-state index contributed by atoms with van der Waals surface area (Å²) < 4.78 is 6.80. The van der Waals surface area contributed by atoms with Gasteiger partial charge >= 0.3 is 5.97 Å². The van der Waals surface area contributed by atoms with Crippen LogP contribution < -0.4 is 0 Å². The number of nitrogens with zero attached hydrogens (tertiary/aromatic N) is 3. The molecule has 1 amide bonds. The second kappa shape index (κ2) is 7.76. The highest BCUT2D eigenvalue weighted by Gasteiger charge is 2.14. The fourth-order valence-corrected chi connectivity index (χ4v) is 2.90. The number of carbonyl (C=O) groups is 2. The van der Waals surface area contributed by atoms with Crippen LogP contribution in [-0.4, -0.2) is 40.2 Å². The van der Waals surface area contributed by atoms with Crippen molar-refractivity contribution in [2.24, 2.45) is 0 Å². The van der Waals surface area contributed by atoms with E-state index < -0.39 is 5.97 Å². The van der Waals surface area contributed by atoms with Crippen LogP contribution in [0.2, 0.25) is 0 Å². The number of carbonyl (C=O) groups excluding carboxylic acids is 2. The Hall–Kier alpha value is -2.93. The Morgan fingerprint density at radius 3 is 2.68 bits per heavy atom. The first-order valence-corrected chi connectivity index (χ1v) is 8.60. The van der Waals surface area contributed by atoms with Crippen molar-refractivity contribution in [3.63, 3.8) is 0 Å². The molecule has 7 heteroatoms. The standard InChI is InChI=1S/C18H17N3O3S/c1-20(11-14-7-10-25-13-14)17(22)12-24-18(23)15-3-5-16(6-4-15)21-9-2-8-19-21/h2-10,13H,11-12H2,1H3. The van der Waals surface area contributed by atoms with Crippen molar-refractivity contribution < 1.29 is 14.3 Å². The Balaban J connectivity index is 1.52. The molecule has 0 aliphatic carbocycles. The van der Waals surface area contributed by atoms with Gasteiger partial charge in [0.1, 0.15) is 0 Å². The summed E-state index contributed by atoms with van der Waals surface area (Å²) in [5.41, 5.74) is 2.29. The van der Waals surface area contributed by atoms with Gasteiger partial charge in [0.15, 0.2) is 6.61 Å². The quantitative estimate of drug-likeness (QED) is 0.638. The van der Waals surface area contributed by atoms with Gasteiger partial charge in [-0.15, -0.1) is 0 Å². The SMILES string of the molecule is CN(Cc1ccsc1)C(=O)COC(=O)c1ccc(-n2cccn2)cc1. The minimum absolute atomic E-state index is 0.243. The van der Waals surface area contributed by atoms with Crippen molar-refractivity contribution in [1.82, 2.24) is 14.7 Å². The van der Waals surface area contributed by atoms with Crippen molar-refractivity contribution in [2.45, 2.75) is 6.54 Å². The van der Waals surface area contributed by atoms with E-state index in [-0.39, 0.29) is 12.5 Å². The lowest BCUT2D eigenvalue weighted by atomic mass is 10.2. The molecule has 25 heavy (non-hydrogen) atoms. The van der Waals surface area contributed by atoms with Gasteiger partial charge in [-0.2, -0.15) is 16.4 Å². The zero-order valence-electron chi connectivity index (χ0n) is 13.7. The van der Waals surface area contributed by atoms with Gasteiger partial charge in [0.2, 0.25) is 0 Å². The third-order valence-corrected chi connectivity index (χ3v) is 4.36. The second-order valence-electron chi connectivity index (χ2n) is 5.46. The van der Waals surface area contributed by atoms with E-state index in [0.29, 0.717) is 12.1 Å². The van der Waals surface area contributed by atoms with E-state index in [0.717, 1.165) is 11.3 Å². The summed E-state index contributed by atoms with van der Waals surface area (Å²) >= 11 is 1.58. The molecular weight excluding hydrogens is 338 g/mol. The highest BCUT2D eigenvalue weighted by atomic mass is 32.1. The molecular formula is C18H17N3O3S. The molecule has 0 N–H and O–H groups in total. The molecule has 0 saturated carbocycles. The summed E-state index contributed by atoms with van der Waals surface area (Å²) in [5.74, 6) is -0.767. The van der Waals surface area contributed by atoms with Gasteiger partial charge in [0, 0.05) is 26.0 Å². The van der Waals surface area contributed by atoms with Crippen LogP contribution in [0.15, 0.2) is 59.6 Å². The molecule has 3 rings (SSSR count). The first-order valence-electron chi connectivity index (χ1n) is 7.66. The Bertz CT molecular complexity index is 827. The average Bonchev–Trinajstić information content (AvgIpc) is 3.33.